The molecule has 0 aromatic carbocycles. The van der Waals surface area contributed by atoms with E-state index < -0.39 is 12.1 Å². The Kier molecular flexibility index (Phi) is 5.88. The number of nitrogens with one attached hydrogen (secondary N) is 2. The molecule has 1 atom stereocenters. The highest BCUT2D eigenvalue weighted by molar-refractivity contribution is 5.84. The SMILES string of the molecule is CCNC(=O)[C@H](C)OC(=O)CCCNC(=O)C12CC3CC(CC(C3)C1)C2. The van der Waals surface area contributed by atoms with Crippen LogP contribution in [-0.2, 0) is 19.1 Å². The smallest absolute Gasteiger partial charge is 0.306 e. The van der Waals surface area contributed by atoms with E-state index in [1.54, 1.807) is 6.92 Å². The van der Waals surface area contributed by atoms with Gasteiger partial charge in [-0.25, -0.2) is 0 Å². The van der Waals surface area contributed by atoms with E-state index in [9.17, 15) is 14.4 Å². The number of carbonyl (C=O) groups excluding carboxylic acids is 3. The van der Waals surface area contributed by atoms with Gasteiger partial charge >= 0.3 is 5.97 Å². The molecule has 4 aliphatic rings. The van der Waals surface area contributed by atoms with Gasteiger partial charge in [0, 0.05) is 24.9 Å². The summed E-state index contributed by atoms with van der Waals surface area (Å²) in [6.07, 6.45) is 7.10. The second-order valence-corrected chi connectivity index (χ2v) is 8.58. The number of esters is 1. The lowest BCUT2D eigenvalue weighted by molar-refractivity contribution is -0.155. The van der Waals surface area contributed by atoms with Gasteiger partial charge in [-0.1, -0.05) is 0 Å². The highest BCUT2D eigenvalue weighted by Gasteiger charge is 2.54. The Morgan fingerprint density at radius 2 is 1.62 bits per heavy atom. The van der Waals surface area contributed by atoms with Crippen molar-refractivity contribution in [3.8, 4) is 0 Å². The van der Waals surface area contributed by atoms with Crippen LogP contribution in [0.1, 0.15) is 65.2 Å². The summed E-state index contributed by atoms with van der Waals surface area (Å²) >= 11 is 0. The standard InChI is InChI=1S/C20H32N2O4/c1-3-21-18(24)13(2)26-17(23)5-4-6-22-19(25)20-10-14-7-15(11-20)9-16(8-14)12-20/h13-16H,3-12H2,1-2H3,(H,21,24)(H,22,25)/t13-,14?,15?,16?,20?/m0/s1. The maximum atomic E-state index is 12.8. The van der Waals surface area contributed by atoms with Gasteiger partial charge in [0.2, 0.25) is 5.91 Å². The molecule has 0 aromatic rings. The zero-order valence-corrected chi connectivity index (χ0v) is 16.0. The molecule has 2 N–H and O–H groups in total. The van der Waals surface area contributed by atoms with E-state index in [0.29, 0.717) is 19.5 Å². The second kappa shape index (κ2) is 7.97. The Labute approximate surface area is 155 Å². The molecule has 0 radical (unpaired) electrons. The van der Waals surface area contributed by atoms with Crippen LogP contribution in [0.2, 0.25) is 0 Å². The van der Waals surface area contributed by atoms with E-state index in [0.717, 1.165) is 37.0 Å². The van der Waals surface area contributed by atoms with Gasteiger partial charge < -0.3 is 15.4 Å². The maximum absolute atomic E-state index is 12.8. The maximum Gasteiger partial charge on any atom is 0.306 e. The van der Waals surface area contributed by atoms with E-state index in [4.69, 9.17) is 4.74 Å². The lowest BCUT2D eigenvalue weighted by atomic mass is 9.49. The van der Waals surface area contributed by atoms with E-state index in [-0.39, 0.29) is 23.7 Å². The highest BCUT2D eigenvalue weighted by Crippen LogP contribution is 2.60. The Morgan fingerprint density at radius 3 is 2.15 bits per heavy atom. The van der Waals surface area contributed by atoms with Gasteiger partial charge in [0.1, 0.15) is 0 Å². The lowest BCUT2D eigenvalue weighted by Gasteiger charge is -2.55. The second-order valence-electron chi connectivity index (χ2n) is 8.58. The van der Waals surface area contributed by atoms with Gasteiger partial charge in [0.15, 0.2) is 6.10 Å². The molecule has 4 rings (SSSR count). The molecule has 6 nitrogen and oxygen atoms in total. The molecule has 4 bridgehead atoms. The summed E-state index contributed by atoms with van der Waals surface area (Å²) in [6.45, 7) is 4.39. The van der Waals surface area contributed by atoms with Crippen LogP contribution in [0.4, 0.5) is 0 Å². The summed E-state index contributed by atoms with van der Waals surface area (Å²) in [4.78, 5) is 36.2. The Bertz CT molecular complexity index is 525. The van der Waals surface area contributed by atoms with Gasteiger partial charge in [-0.15, -0.1) is 0 Å². The number of amides is 2. The zero-order chi connectivity index (χ0) is 18.7. The average molecular weight is 364 g/mol. The fraction of sp³-hybridized carbons (Fsp3) is 0.850. The Hall–Kier alpha value is -1.59. The van der Waals surface area contributed by atoms with Crippen LogP contribution in [-0.4, -0.2) is 37.0 Å². The molecule has 0 saturated heterocycles. The molecule has 146 valence electrons. The largest absolute Gasteiger partial charge is 0.453 e. The average Bonchev–Trinajstić information content (AvgIpc) is 2.57. The monoisotopic (exact) mass is 364 g/mol. The van der Waals surface area contributed by atoms with Crippen LogP contribution in [0.3, 0.4) is 0 Å². The van der Waals surface area contributed by atoms with E-state index >= 15 is 0 Å². The first-order valence-corrected chi connectivity index (χ1v) is 10.2. The van der Waals surface area contributed by atoms with E-state index in [2.05, 4.69) is 10.6 Å². The van der Waals surface area contributed by atoms with Crippen molar-refractivity contribution in [3.63, 3.8) is 0 Å². The molecule has 6 heteroatoms. The highest BCUT2D eigenvalue weighted by atomic mass is 16.5. The van der Waals surface area contributed by atoms with Crippen molar-refractivity contribution in [1.29, 1.82) is 0 Å². The summed E-state index contributed by atoms with van der Waals surface area (Å²) in [5.74, 6) is 1.76. The summed E-state index contributed by atoms with van der Waals surface area (Å²) in [5, 5.41) is 5.69. The molecular weight excluding hydrogens is 332 g/mol. The van der Waals surface area contributed by atoms with Crippen LogP contribution in [0.15, 0.2) is 0 Å². The quantitative estimate of drug-likeness (QED) is 0.511. The zero-order valence-electron chi connectivity index (χ0n) is 16.0. The topological polar surface area (TPSA) is 84.5 Å². The molecular formula is C20H32N2O4. The molecule has 4 aliphatic carbocycles. The summed E-state index contributed by atoms with van der Waals surface area (Å²) in [5.41, 5.74) is -0.137. The first-order valence-electron chi connectivity index (χ1n) is 10.2. The number of hydrogen-bond acceptors (Lipinski definition) is 4. The molecule has 26 heavy (non-hydrogen) atoms. The minimum Gasteiger partial charge on any atom is -0.453 e. The number of carbonyl (C=O) groups is 3. The molecule has 4 saturated carbocycles. The van der Waals surface area contributed by atoms with E-state index in [1.807, 2.05) is 6.92 Å². The van der Waals surface area contributed by atoms with Crippen molar-refractivity contribution >= 4 is 17.8 Å². The van der Waals surface area contributed by atoms with Crippen LogP contribution in [0.5, 0.6) is 0 Å². The third-order valence-corrected chi connectivity index (χ3v) is 6.39. The fourth-order valence-corrected chi connectivity index (χ4v) is 5.64. The molecule has 2 amide bonds. The van der Waals surface area contributed by atoms with Gasteiger partial charge in [-0.05, 0) is 76.5 Å². The van der Waals surface area contributed by atoms with Gasteiger partial charge in [-0.2, -0.15) is 0 Å². The minimum absolute atomic E-state index is 0.137. The fourth-order valence-electron chi connectivity index (χ4n) is 5.64. The summed E-state index contributed by atoms with van der Waals surface area (Å²) < 4.78 is 5.11. The summed E-state index contributed by atoms with van der Waals surface area (Å²) in [7, 11) is 0. The van der Waals surface area contributed by atoms with Crippen molar-refractivity contribution in [2.75, 3.05) is 13.1 Å². The molecule has 0 aliphatic heterocycles. The molecule has 0 heterocycles. The number of rotatable bonds is 8. The van der Waals surface area contributed by atoms with Gasteiger partial charge in [-0.3, -0.25) is 14.4 Å². The molecule has 0 spiro atoms. The van der Waals surface area contributed by atoms with Crippen LogP contribution >= 0.6 is 0 Å². The molecule has 0 aromatic heterocycles. The number of ether oxygens (including phenoxy) is 1. The van der Waals surface area contributed by atoms with E-state index in [1.165, 1.54) is 19.3 Å². The first-order chi connectivity index (χ1) is 12.4. The third kappa shape index (κ3) is 4.21. The molecule has 4 fully saturated rings. The van der Waals surface area contributed by atoms with Crippen LogP contribution in [0, 0.1) is 23.2 Å². The van der Waals surface area contributed by atoms with Crippen molar-refractivity contribution < 1.29 is 19.1 Å². The van der Waals surface area contributed by atoms with Crippen molar-refractivity contribution in [1.82, 2.24) is 10.6 Å². The van der Waals surface area contributed by atoms with Crippen molar-refractivity contribution in [2.24, 2.45) is 23.2 Å². The Morgan fingerprint density at radius 1 is 1.04 bits per heavy atom. The summed E-state index contributed by atoms with van der Waals surface area (Å²) in [6, 6.07) is 0. The number of hydrogen-bond donors (Lipinski definition) is 2. The van der Waals surface area contributed by atoms with Crippen LogP contribution < -0.4 is 10.6 Å². The third-order valence-electron chi connectivity index (χ3n) is 6.39. The molecule has 0 unspecified atom stereocenters. The van der Waals surface area contributed by atoms with Crippen molar-refractivity contribution in [3.05, 3.63) is 0 Å². The minimum atomic E-state index is -0.774. The van der Waals surface area contributed by atoms with Crippen molar-refractivity contribution in [2.45, 2.75) is 71.3 Å². The predicted octanol–water partition coefficient (Wildman–Crippen LogP) is 2.17. The normalized spacial score (nSPS) is 32.8. The van der Waals surface area contributed by atoms with Gasteiger partial charge in [0.05, 0.1) is 0 Å². The lowest BCUT2D eigenvalue weighted by Crippen LogP contribution is -2.53. The number of likely N-dealkylation sites (N-methyl/N-ethyl adjacent to an activating group) is 1. The first kappa shape index (κ1) is 19.2. The predicted molar refractivity (Wildman–Crippen MR) is 97.1 cm³/mol. The Balaban J connectivity index is 1.37. The van der Waals surface area contributed by atoms with Crippen LogP contribution in [0.25, 0.3) is 0 Å². The van der Waals surface area contributed by atoms with Gasteiger partial charge in [0.25, 0.3) is 5.91 Å².